The lowest BCUT2D eigenvalue weighted by molar-refractivity contribution is 0.356. The van der Waals surface area contributed by atoms with Gasteiger partial charge in [0, 0.05) is 40.3 Å². The lowest BCUT2D eigenvalue weighted by atomic mass is 9.92. The minimum absolute atomic E-state index is 0.0525. The zero-order valence-corrected chi connectivity index (χ0v) is 17.8. The van der Waals surface area contributed by atoms with Crippen molar-refractivity contribution in [1.29, 1.82) is 0 Å². The van der Waals surface area contributed by atoms with E-state index in [1.807, 2.05) is 4.90 Å². The van der Waals surface area contributed by atoms with Gasteiger partial charge in [-0.25, -0.2) is 9.07 Å². The molecule has 3 heterocycles. The molecule has 2 bridgehead atoms. The molecule has 1 saturated carbocycles. The fourth-order valence-corrected chi connectivity index (χ4v) is 4.56. The molecule has 0 spiro atoms. The normalized spacial score (nSPS) is 26.9. The highest BCUT2D eigenvalue weighted by Gasteiger charge is 2.43. The number of hydrogen-bond donors (Lipinski definition) is 1. The van der Waals surface area contributed by atoms with E-state index in [-0.39, 0.29) is 34.6 Å². The van der Waals surface area contributed by atoms with E-state index in [9.17, 15) is 4.39 Å². The van der Waals surface area contributed by atoms with Crippen molar-refractivity contribution < 1.29 is 23.1 Å². The van der Waals surface area contributed by atoms with Crippen molar-refractivity contribution in [3.8, 4) is 11.8 Å². The summed E-state index contributed by atoms with van der Waals surface area (Å²) in [6.07, 6.45) is 1.77. The van der Waals surface area contributed by atoms with Gasteiger partial charge in [0.15, 0.2) is 0 Å². The highest BCUT2D eigenvalue weighted by Crippen LogP contribution is 2.40. The maximum absolute atomic E-state index is 13.7. The van der Waals surface area contributed by atoms with Crippen molar-refractivity contribution in [2.75, 3.05) is 23.3 Å². The number of anilines is 2. The molecule has 0 amide bonds. The number of hydrogen-bond acceptors (Lipinski definition) is 8. The first kappa shape index (κ1) is 14.3. The molecule has 0 radical (unpaired) electrons. The van der Waals surface area contributed by atoms with Gasteiger partial charge in [-0.15, -0.1) is 10.2 Å². The highest BCUT2D eigenvalue weighted by molar-refractivity contribution is 6.30. The van der Waals surface area contributed by atoms with E-state index < -0.39 is 31.5 Å². The summed E-state index contributed by atoms with van der Waals surface area (Å²) in [7, 11) is 0. The molecule has 32 heavy (non-hydrogen) atoms. The van der Waals surface area contributed by atoms with Crippen LogP contribution in [-0.2, 0) is 0 Å². The van der Waals surface area contributed by atoms with Crippen LogP contribution in [0, 0.1) is 24.6 Å². The Bertz CT molecular complexity index is 1340. The van der Waals surface area contributed by atoms with Gasteiger partial charge in [0.25, 0.3) is 0 Å². The number of aryl methyl sites for hydroxylation is 1. The second-order valence-electron chi connectivity index (χ2n) is 7.93. The average molecular weight is 469 g/mol. The lowest BCUT2D eigenvalue weighted by Crippen LogP contribution is -2.48. The SMILES string of the molecule is [2H]C([2H])([2H])C([2H])(n1nc(N[C@@H]2[C@@H]3CC[C@H]2CN(c2nnc(C)o2)C3)nc1Oc1ccc(F)c(Cl)c1)C([2H])([2H])[2H]. The Hall–Kier alpha value is -2.88. The number of ether oxygens (including phenoxy) is 1. The molecule has 2 aromatic heterocycles. The molecular weight excluding hydrogens is 437 g/mol. The molecule has 170 valence electrons. The summed E-state index contributed by atoms with van der Waals surface area (Å²) in [5, 5.41) is 15.0. The van der Waals surface area contributed by atoms with Gasteiger partial charge in [-0.3, -0.25) is 0 Å². The van der Waals surface area contributed by atoms with Crippen molar-refractivity contribution >= 4 is 23.6 Å². The van der Waals surface area contributed by atoms with Crippen LogP contribution >= 0.6 is 11.6 Å². The van der Waals surface area contributed by atoms with E-state index in [0.29, 0.717) is 29.7 Å². The first-order valence-electron chi connectivity index (χ1n) is 13.6. The minimum Gasteiger partial charge on any atom is -0.424 e. The third kappa shape index (κ3) is 3.99. The van der Waals surface area contributed by atoms with E-state index in [1.165, 1.54) is 6.07 Å². The fourth-order valence-electron chi connectivity index (χ4n) is 4.39. The summed E-state index contributed by atoms with van der Waals surface area (Å²) in [5.74, 6) is -0.172. The van der Waals surface area contributed by atoms with Crippen LogP contribution in [0.4, 0.5) is 16.4 Å². The predicted molar refractivity (Wildman–Crippen MR) is 117 cm³/mol. The number of rotatable bonds is 6. The van der Waals surface area contributed by atoms with E-state index >= 15 is 0 Å². The van der Waals surface area contributed by atoms with Crippen molar-refractivity contribution in [1.82, 2.24) is 25.0 Å². The van der Waals surface area contributed by atoms with Gasteiger partial charge < -0.3 is 19.4 Å². The molecule has 1 aromatic carbocycles. The maximum Gasteiger partial charge on any atom is 0.322 e. The topological polar surface area (TPSA) is 94.1 Å². The molecular formula is C21H25ClFN7O2. The zero-order valence-electron chi connectivity index (χ0n) is 24.0. The number of aromatic nitrogens is 5. The number of nitrogens with one attached hydrogen (secondary N) is 1. The molecule has 2 fully saturated rings. The van der Waals surface area contributed by atoms with Crippen LogP contribution in [0.15, 0.2) is 22.6 Å². The van der Waals surface area contributed by atoms with E-state index in [4.69, 9.17) is 30.4 Å². The largest absolute Gasteiger partial charge is 0.424 e. The Morgan fingerprint density at radius 2 is 2.09 bits per heavy atom. The third-order valence-corrected chi connectivity index (χ3v) is 6.09. The van der Waals surface area contributed by atoms with Gasteiger partial charge in [-0.1, -0.05) is 16.7 Å². The zero-order chi connectivity index (χ0) is 28.3. The molecule has 11 heteroatoms. The highest BCUT2D eigenvalue weighted by atomic mass is 35.5. The second kappa shape index (κ2) is 8.23. The van der Waals surface area contributed by atoms with E-state index in [2.05, 4.69) is 25.6 Å². The molecule has 1 aliphatic carbocycles. The van der Waals surface area contributed by atoms with Gasteiger partial charge in [0.05, 0.1) is 12.4 Å². The Balaban J connectivity index is 1.48. The summed E-state index contributed by atoms with van der Waals surface area (Å²) in [5.41, 5.74) is 0. The molecule has 0 unspecified atom stereocenters. The Morgan fingerprint density at radius 3 is 2.75 bits per heavy atom. The van der Waals surface area contributed by atoms with Crippen molar-refractivity contribution in [3.63, 3.8) is 0 Å². The molecule has 9 nitrogen and oxygen atoms in total. The van der Waals surface area contributed by atoms with Gasteiger partial charge in [-0.2, -0.15) is 4.98 Å². The van der Waals surface area contributed by atoms with Crippen molar-refractivity contribution in [3.05, 3.63) is 34.9 Å². The van der Waals surface area contributed by atoms with Gasteiger partial charge >= 0.3 is 12.0 Å². The van der Waals surface area contributed by atoms with Gasteiger partial charge in [-0.05, 0) is 50.5 Å². The monoisotopic (exact) mass is 468 g/mol. The third-order valence-electron chi connectivity index (χ3n) is 5.80. The van der Waals surface area contributed by atoms with Crippen LogP contribution in [0.5, 0.6) is 11.8 Å². The average Bonchev–Trinajstić information content (AvgIpc) is 3.50. The molecule has 2 aliphatic rings. The number of halogens is 2. The van der Waals surface area contributed by atoms with E-state index in [0.717, 1.165) is 25.0 Å². The summed E-state index contributed by atoms with van der Waals surface area (Å²) < 4.78 is 81.2. The Labute approximate surface area is 199 Å². The van der Waals surface area contributed by atoms with Crippen LogP contribution in [0.1, 0.15) is 48.0 Å². The first-order valence-corrected chi connectivity index (χ1v) is 10.5. The van der Waals surface area contributed by atoms with Gasteiger partial charge in [0.2, 0.25) is 11.8 Å². The summed E-state index contributed by atoms with van der Waals surface area (Å²) in [4.78, 5) is 6.24. The van der Waals surface area contributed by atoms with E-state index in [1.54, 1.807) is 6.92 Å². The predicted octanol–water partition coefficient (Wildman–Crippen LogP) is 4.46. The Kier molecular flexibility index (Phi) is 3.68. The number of benzene rings is 1. The molecule has 1 saturated heterocycles. The lowest BCUT2D eigenvalue weighted by Gasteiger charge is -2.37. The molecule has 3 atom stereocenters. The van der Waals surface area contributed by atoms with Crippen LogP contribution in [0.3, 0.4) is 0 Å². The maximum atomic E-state index is 13.7. The molecule has 1 N–H and O–H groups in total. The standard InChI is InChI=1S/C21H25ClFN7O2/c1-11(2)30-20(32-15-6-7-17(23)16(22)8-15)25-19(28-30)24-18-13-4-5-14(18)10-29(9-13)21-27-26-12(3)31-21/h6-8,11,13-14,18H,4-5,9-10H2,1-3H3,(H,24,28)/t13-,14+,18-/i1D3,2D3,11D. The molecule has 1 aliphatic heterocycles. The summed E-state index contributed by atoms with van der Waals surface area (Å²) in [6.45, 7) is -3.77. The van der Waals surface area contributed by atoms with Crippen molar-refractivity contribution in [2.24, 2.45) is 11.8 Å². The van der Waals surface area contributed by atoms with Crippen LogP contribution in [0.25, 0.3) is 0 Å². The van der Waals surface area contributed by atoms with Crippen molar-refractivity contribution in [2.45, 2.75) is 45.5 Å². The smallest absolute Gasteiger partial charge is 0.322 e. The molecule has 3 aromatic rings. The van der Waals surface area contributed by atoms with Crippen LogP contribution < -0.4 is 15.0 Å². The quantitative estimate of drug-likeness (QED) is 0.566. The van der Waals surface area contributed by atoms with Crippen LogP contribution in [-0.4, -0.2) is 44.1 Å². The van der Waals surface area contributed by atoms with Crippen LogP contribution in [0.2, 0.25) is 5.02 Å². The number of fused-ring (bicyclic) bond motifs is 2. The number of piperidine rings is 1. The second-order valence-corrected chi connectivity index (χ2v) is 8.34. The summed E-state index contributed by atoms with van der Waals surface area (Å²) in [6, 6.07) is -0.163. The summed E-state index contributed by atoms with van der Waals surface area (Å²) >= 11 is 5.84. The van der Waals surface area contributed by atoms with Gasteiger partial charge in [0.1, 0.15) is 11.6 Å². The Morgan fingerprint density at radius 1 is 1.31 bits per heavy atom. The minimum atomic E-state index is -3.35. The number of nitrogens with zero attached hydrogens (tertiary/aromatic N) is 6. The first-order chi connectivity index (χ1) is 18.2. The fraction of sp³-hybridized carbons (Fsp3) is 0.524. The molecule has 5 rings (SSSR count).